The van der Waals surface area contributed by atoms with Crippen LogP contribution in [0.5, 0.6) is 0 Å². The van der Waals surface area contributed by atoms with Crippen LogP contribution in [-0.2, 0) is 22.4 Å². The first kappa shape index (κ1) is 17.1. The zero-order valence-corrected chi connectivity index (χ0v) is 13.6. The van der Waals surface area contributed by atoms with E-state index < -0.39 is 5.97 Å². The number of hydrogen-bond donors (Lipinski definition) is 2. The Morgan fingerprint density at radius 2 is 1.96 bits per heavy atom. The van der Waals surface area contributed by atoms with Crippen molar-refractivity contribution in [3.63, 3.8) is 0 Å². The lowest BCUT2D eigenvalue weighted by Gasteiger charge is -2.03. The molecule has 0 unspecified atom stereocenters. The second-order valence-electron chi connectivity index (χ2n) is 5.27. The first-order chi connectivity index (χ1) is 11.1. The first-order valence-electron chi connectivity index (χ1n) is 7.59. The van der Waals surface area contributed by atoms with Crippen LogP contribution in [0, 0.1) is 0 Å². The molecule has 6 heteroatoms. The average molecular weight is 332 g/mol. The molecule has 0 atom stereocenters. The van der Waals surface area contributed by atoms with E-state index in [0.29, 0.717) is 19.4 Å². The molecule has 0 bridgehead atoms. The number of hydrogen-bond acceptors (Lipinski definition) is 4. The molecule has 1 amide bonds. The van der Waals surface area contributed by atoms with Gasteiger partial charge in [-0.05, 0) is 18.4 Å². The lowest BCUT2D eigenvalue weighted by Crippen LogP contribution is -2.26. The van der Waals surface area contributed by atoms with Crippen molar-refractivity contribution in [3.05, 3.63) is 52.0 Å². The van der Waals surface area contributed by atoms with E-state index in [-0.39, 0.29) is 18.7 Å². The predicted molar refractivity (Wildman–Crippen MR) is 89.6 cm³/mol. The van der Waals surface area contributed by atoms with E-state index in [4.69, 9.17) is 5.11 Å². The Hall–Kier alpha value is -2.21. The molecular weight excluding hydrogens is 312 g/mol. The standard InChI is InChI=1S/C17H20N2O3S/c20-15(18-9-5-4-8-17(21)22)11-14-12-23-16(19-14)10-13-6-2-1-3-7-13/h1-3,6-7,12H,4-5,8-11H2,(H,18,20)(H,21,22). The highest BCUT2D eigenvalue weighted by Crippen LogP contribution is 2.15. The third-order valence-corrected chi connectivity index (χ3v) is 4.18. The van der Waals surface area contributed by atoms with Crippen LogP contribution in [0.15, 0.2) is 35.7 Å². The summed E-state index contributed by atoms with van der Waals surface area (Å²) in [5.74, 6) is -0.873. The van der Waals surface area contributed by atoms with Crippen molar-refractivity contribution < 1.29 is 14.7 Å². The number of nitrogens with one attached hydrogen (secondary N) is 1. The summed E-state index contributed by atoms with van der Waals surface area (Å²) in [7, 11) is 0. The maximum Gasteiger partial charge on any atom is 0.303 e. The molecule has 0 spiro atoms. The molecule has 1 aromatic heterocycles. The van der Waals surface area contributed by atoms with Crippen LogP contribution >= 0.6 is 11.3 Å². The Labute approximate surface area is 139 Å². The van der Waals surface area contributed by atoms with E-state index in [1.807, 2.05) is 23.6 Å². The minimum Gasteiger partial charge on any atom is -0.481 e. The Kier molecular flexibility index (Phi) is 6.75. The van der Waals surface area contributed by atoms with Gasteiger partial charge in [-0.2, -0.15) is 0 Å². The van der Waals surface area contributed by atoms with E-state index in [1.54, 1.807) is 11.3 Å². The normalized spacial score (nSPS) is 10.4. The predicted octanol–water partition coefficient (Wildman–Crippen LogP) is 2.65. The maximum absolute atomic E-state index is 11.8. The number of amides is 1. The lowest BCUT2D eigenvalue weighted by molar-refractivity contribution is -0.137. The van der Waals surface area contributed by atoms with Crippen LogP contribution in [0.2, 0.25) is 0 Å². The largest absolute Gasteiger partial charge is 0.481 e. The molecule has 2 N–H and O–H groups in total. The van der Waals surface area contributed by atoms with Gasteiger partial charge in [-0.1, -0.05) is 30.3 Å². The second-order valence-corrected chi connectivity index (χ2v) is 6.22. The number of aromatic nitrogens is 1. The molecular formula is C17H20N2O3S. The van der Waals surface area contributed by atoms with E-state index in [0.717, 1.165) is 17.1 Å². The highest BCUT2D eigenvalue weighted by Gasteiger charge is 2.08. The van der Waals surface area contributed by atoms with Gasteiger partial charge in [-0.3, -0.25) is 9.59 Å². The molecule has 0 aliphatic rings. The molecule has 1 heterocycles. The minimum atomic E-state index is -0.801. The fraction of sp³-hybridized carbons (Fsp3) is 0.353. The zero-order chi connectivity index (χ0) is 16.5. The van der Waals surface area contributed by atoms with Gasteiger partial charge in [0.15, 0.2) is 0 Å². The molecule has 0 saturated heterocycles. The molecule has 122 valence electrons. The molecule has 0 saturated carbocycles. The quantitative estimate of drug-likeness (QED) is 0.692. The lowest BCUT2D eigenvalue weighted by atomic mass is 10.2. The van der Waals surface area contributed by atoms with Gasteiger partial charge in [0.05, 0.1) is 17.1 Å². The summed E-state index contributed by atoms with van der Waals surface area (Å²) in [6.45, 7) is 0.507. The third-order valence-electron chi connectivity index (χ3n) is 3.28. The van der Waals surface area contributed by atoms with Crippen LogP contribution < -0.4 is 5.32 Å². The zero-order valence-electron chi connectivity index (χ0n) is 12.8. The van der Waals surface area contributed by atoms with E-state index in [1.165, 1.54) is 5.56 Å². The van der Waals surface area contributed by atoms with Crippen LogP contribution in [0.25, 0.3) is 0 Å². The van der Waals surface area contributed by atoms with E-state index in [2.05, 4.69) is 22.4 Å². The number of unbranched alkanes of at least 4 members (excludes halogenated alkanes) is 1. The van der Waals surface area contributed by atoms with Crippen LogP contribution in [0.3, 0.4) is 0 Å². The van der Waals surface area contributed by atoms with Crippen molar-refractivity contribution in [1.29, 1.82) is 0 Å². The number of carbonyl (C=O) groups is 2. The van der Waals surface area contributed by atoms with E-state index >= 15 is 0 Å². The average Bonchev–Trinajstić information content (AvgIpc) is 2.94. The maximum atomic E-state index is 11.8. The summed E-state index contributed by atoms with van der Waals surface area (Å²) < 4.78 is 0. The molecule has 0 aliphatic heterocycles. The minimum absolute atomic E-state index is 0.0723. The van der Waals surface area contributed by atoms with Crippen molar-refractivity contribution in [3.8, 4) is 0 Å². The summed E-state index contributed by atoms with van der Waals surface area (Å²) in [5.41, 5.74) is 1.99. The number of nitrogens with zero attached hydrogens (tertiary/aromatic N) is 1. The molecule has 5 nitrogen and oxygen atoms in total. The number of aliphatic carboxylic acids is 1. The van der Waals surface area contributed by atoms with Gasteiger partial charge in [-0.25, -0.2) is 4.98 Å². The smallest absolute Gasteiger partial charge is 0.303 e. The van der Waals surface area contributed by atoms with Gasteiger partial charge in [0.25, 0.3) is 0 Å². The molecule has 0 aliphatic carbocycles. The highest BCUT2D eigenvalue weighted by atomic mass is 32.1. The van der Waals surface area contributed by atoms with Crippen molar-refractivity contribution in [2.45, 2.75) is 32.1 Å². The first-order valence-corrected chi connectivity index (χ1v) is 8.47. The van der Waals surface area contributed by atoms with Gasteiger partial charge in [-0.15, -0.1) is 11.3 Å². The van der Waals surface area contributed by atoms with Crippen LogP contribution in [-0.4, -0.2) is 28.5 Å². The van der Waals surface area contributed by atoms with Gasteiger partial charge in [0.2, 0.25) is 5.91 Å². The third kappa shape index (κ3) is 6.61. The Bertz CT molecular complexity index is 640. The van der Waals surface area contributed by atoms with Gasteiger partial charge in [0, 0.05) is 24.8 Å². The molecule has 1 aromatic carbocycles. The molecule has 2 rings (SSSR count). The molecule has 0 fully saturated rings. The van der Waals surface area contributed by atoms with E-state index in [9.17, 15) is 9.59 Å². The Balaban J connectivity index is 1.71. The van der Waals surface area contributed by atoms with Crippen molar-refractivity contribution in [2.24, 2.45) is 0 Å². The Morgan fingerprint density at radius 3 is 2.70 bits per heavy atom. The Morgan fingerprint density at radius 1 is 1.17 bits per heavy atom. The SMILES string of the molecule is O=C(O)CCCCNC(=O)Cc1csc(Cc2ccccc2)n1. The summed E-state index contributed by atoms with van der Waals surface area (Å²) in [5, 5.41) is 14.2. The molecule has 2 aromatic rings. The van der Waals surface area contributed by atoms with Gasteiger partial charge < -0.3 is 10.4 Å². The fourth-order valence-electron chi connectivity index (χ4n) is 2.14. The highest BCUT2D eigenvalue weighted by molar-refractivity contribution is 7.09. The van der Waals surface area contributed by atoms with Crippen molar-refractivity contribution >= 4 is 23.2 Å². The van der Waals surface area contributed by atoms with Gasteiger partial charge >= 0.3 is 5.97 Å². The van der Waals surface area contributed by atoms with Gasteiger partial charge in [0.1, 0.15) is 0 Å². The van der Waals surface area contributed by atoms with Crippen molar-refractivity contribution in [1.82, 2.24) is 10.3 Å². The number of carbonyl (C=O) groups excluding carboxylic acids is 1. The summed E-state index contributed by atoms with van der Waals surface area (Å²) in [6, 6.07) is 10.1. The number of benzene rings is 1. The molecule has 0 radical (unpaired) electrons. The number of carboxylic acids is 1. The van der Waals surface area contributed by atoms with Crippen molar-refractivity contribution in [2.75, 3.05) is 6.54 Å². The number of carboxylic acid groups (broad SMARTS) is 1. The van der Waals surface area contributed by atoms with Crippen LogP contribution in [0.4, 0.5) is 0 Å². The molecule has 23 heavy (non-hydrogen) atoms. The number of rotatable bonds is 9. The summed E-state index contributed by atoms with van der Waals surface area (Å²) in [4.78, 5) is 26.7. The monoisotopic (exact) mass is 332 g/mol. The fourth-order valence-corrected chi connectivity index (χ4v) is 2.97. The summed E-state index contributed by atoms with van der Waals surface area (Å²) in [6.07, 6.45) is 2.44. The topological polar surface area (TPSA) is 79.3 Å². The van der Waals surface area contributed by atoms with Crippen LogP contribution in [0.1, 0.15) is 35.5 Å². The summed E-state index contributed by atoms with van der Waals surface area (Å²) >= 11 is 1.57. The number of thiazole rings is 1. The second kappa shape index (κ2) is 9.05.